The van der Waals surface area contributed by atoms with Crippen LogP contribution in [0.4, 0.5) is 4.39 Å². The first-order valence-corrected chi connectivity index (χ1v) is 11.6. The maximum Gasteiger partial charge on any atom is 0.281 e. The number of halogens is 1. The van der Waals surface area contributed by atoms with Crippen LogP contribution in [0.5, 0.6) is 0 Å². The van der Waals surface area contributed by atoms with Gasteiger partial charge in [0, 0.05) is 12.1 Å². The molecule has 0 aromatic heterocycles. The molecule has 156 valence electrons. The van der Waals surface area contributed by atoms with E-state index in [1.54, 1.807) is 0 Å². The van der Waals surface area contributed by atoms with Gasteiger partial charge in [0.05, 0.1) is 31.1 Å². The number of nitrogens with one attached hydrogen (secondary N) is 1. The molecule has 8 heteroatoms. The summed E-state index contributed by atoms with van der Waals surface area (Å²) in [5, 5.41) is 0. The van der Waals surface area contributed by atoms with E-state index in [1.807, 2.05) is 11.8 Å². The molecule has 1 N–H and O–H groups in total. The molecule has 0 saturated carbocycles. The topological polar surface area (TPSA) is 62.1 Å². The van der Waals surface area contributed by atoms with Crippen LogP contribution in [0.1, 0.15) is 40.0 Å². The van der Waals surface area contributed by atoms with Crippen LogP contribution in [0.2, 0.25) is 0 Å². The second kappa shape index (κ2) is 8.47. The SMILES string of the molecule is C[C@@H]1CCC[C@@H](C)N1C(=O)[C@@H](C)[NH+]1CCN(S(=O)(=O)c2cccc(F)c2)CC1. The summed E-state index contributed by atoms with van der Waals surface area (Å²) in [7, 11) is -3.71. The van der Waals surface area contributed by atoms with E-state index < -0.39 is 15.8 Å². The average molecular weight is 413 g/mol. The van der Waals surface area contributed by atoms with E-state index in [2.05, 4.69) is 13.8 Å². The van der Waals surface area contributed by atoms with Crippen molar-refractivity contribution in [1.82, 2.24) is 9.21 Å². The van der Waals surface area contributed by atoms with Gasteiger partial charge in [-0.3, -0.25) is 4.79 Å². The Balaban J connectivity index is 1.64. The number of likely N-dealkylation sites (tertiary alicyclic amines) is 1. The number of quaternary nitrogens is 1. The molecule has 1 amide bonds. The van der Waals surface area contributed by atoms with Gasteiger partial charge in [-0.05, 0) is 58.2 Å². The third-order valence-electron chi connectivity index (χ3n) is 6.23. The van der Waals surface area contributed by atoms with Gasteiger partial charge in [0.15, 0.2) is 6.04 Å². The number of carbonyl (C=O) groups is 1. The van der Waals surface area contributed by atoms with Gasteiger partial charge in [0.2, 0.25) is 10.0 Å². The van der Waals surface area contributed by atoms with Crippen LogP contribution < -0.4 is 4.90 Å². The quantitative estimate of drug-likeness (QED) is 0.799. The summed E-state index contributed by atoms with van der Waals surface area (Å²) >= 11 is 0. The fourth-order valence-corrected chi connectivity index (χ4v) is 5.95. The molecular weight excluding hydrogens is 381 g/mol. The van der Waals surface area contributed by atoms with Crippen LogP contribution in [0.15, 0.2) is 29.2 Å². The van der Waals surface area contributed by atoms with Gasteiger partial charge in [-0.1, -0.05) is 6.07 Å². The minimum absolute atomic E-state index is 0.0176. The summed E-state index contributed by atoms with van der Waals surface area (Å²) in [6.45, 7) is 7.96. The van der Waals surface area contributed by atoms with Gasteiger partial charge in [-0.2, -0.15) is 4.31 Å². The highest BCUT2D eigenvalue weighted by Gasteiger charge is 2.39. The summed E-state index contributed by atoms with van der Waals surface area (Å²) in [4.78, 5) is 16.2. The Hall–Kier alpha value is -1.51. The number of hydrogen-bond donors (Lipinski definition) is 1. The Bertz CT molecular complexity index is 799. The molecule has 2 heterocycles. The van der Waals surface area contributed by atoms with Crippen LogP contribution >= 0.6 is 0 Å². The number of nitrogens with zero attached hydrogens (tertiary/aromatic N) is 2. The van der Waals surface area contributed by atoms with Gasteiger partial charge in [0.25, 0.3) is 5.91 Å². The van der Waals surface area contributed by atoms with E-state index in [-0.39, 0.29) is 28.9 Å². The molecule has 2 fully saturated rings. The van der Waals surface area contributed by atoms with Crippen molar-refractivity contribution >= 4 is 15.9 Å². The highest BCUT2D eigenvalue weighted by atomic mass is 32.2. The lowest BCUT2D eigenvalue weighted by Gasteiger charge is -2.42. The highest BCUT2D eigenvalue weighted by Crippen LogP contribution is 2.23. The van der Waals surface area contributed by atoms with Gasteiger partial charge < -0.3 is 9.80 Å². The van der Waals surface area contributed by atoms with E-state index in [9.17, 15) is 17.6 Å². The van der Waals surface area contributed by atoms with Gasteiger partial charge >= 0.3 is 0 Å². The van der Waals surface area contributed by atoms with Gasteiger partial charge in [0.1, 0.15) is 5.82 Å². The first kappa shape index (κ1) is 21.2. The van der Waals surface area contributed by atoms with Gasteiger partial charge in [-0.15, -0.1) is 0 Å². The van der Waals surface area contributed by atoms with E-state index in [0.717, 1.165) is 30.2 Å². The van der Waals surface area contributed by atoms with Gasteiger partial charge in [-0.25, -0.2) is 12.8 Å². The molecule has 28 heavy (non-hydrogen) atoms. The van der Waals surface area contributed by atoms with Crippen LogP contribution in [-0.2, 0) is 14.8 Å². The maximum absolute atomic E-state index is 13.4. The number of piperazine rings is 1. The van der Waals surface area contributed by atoms with Crippen molar-refractivity contribution in [3.05, 3.63) is 30.1 Å². The molecule has 2 aliphatic heterocycles. The van der Waals surface area contributed by atoms with E-state index >= 15 is 0 Å². The standard InChI is InChI=1S/C20H30FN3O3S/c1-15-6-4-7-16(2)24(15)20(25)17(3)22-10-12-23(13-11-22)28(26,27)19-9-5-8-18(21)14-19/h5,8-9,14-17H,4,6-7,10-13H2,1-3H3/p+1/t15-,16-,17-/m1/s1. The number of carbonyl (C=O) groups excluding carboxylic acids is 1. The molecule has 0 aliphatic carbocycles. The van der Waals surface area contributed by atoms with Crippen molar-refractivity contribution in [2.75, 3.05) is 26.2 Å². The van der Waals surface area contributed by atoms with E-state index in [4.69, 9.17) is 0 Å². The zero-order valence-electron chi connectivity index (χ0n) is 16.9. The summed E-state index contributed by atoms with van der Waals surface area (Å²) in [6, 6.07) is 5.44. The minimum atomic E-state index is -3.71. The van der Waals surface area contributed by atoms with Crippen molar-refractivity contribution < 1.29 is 22.5 Å². The normalized spacial score (nSPS) is 26.2. The average Bonchev–Trinajstić information content (AvgIpc) is 2.67. The molecule has 3 atom stereocenters. The molecule has 2 aliphatic rings. The molecule has 2 saturated heterocycles. The molecule has 1 aromatic carbocycles. The molecule has 0 radical (unpaired) electrons. The van der Waals surface area contributed by atoms with Crippen molar-refractivity contribution in [2.24, 2.45) is 0 Å². The Morgan fingerprint density at radius 2 is 1.79 bits per heavy atom. The Labute approximate surface area is 167 Å². The number of benzene rings is 1. The summed E-state index contributed by atoms with van der Waals surface area (Å²) in [6.07, 6.45) is 3.24. The predicted octanol–water partition coefficient (Wildman–Crippen LogP) is 0.893. The molecule has 6 nitrogen and oxygen atoms in total. The lowest BCUT2D eigenvalue weighted by Crippen LogP contribution is -3.19. The molecule has 0 spiro atoms. The Morgan fingerprint density at radius 3 is 2.36 bits per heavy atom. The Morgan fingerprint density at radius 1 is 1.18 bits per heavy atom. The molecule has 3 rings (SSSR count). The number of piperidine rings is 1. The smallest absolute Gasteiger partial charge is 0.281 e. The molecule has 0 unspecified atom stereocenters. The minimum Gasteiger partial charge on any atom is -0.332 e. The monoisotopic (exact) mass is 412 g/mol. The predicted molar refractivity (Wildman–Crippen MR) is 105 cm³/mol. The zero-order chi connectivity index (χ0) is 20.5. The lowest BCUT2D eigenvalue weighted by molar-refractivity contribution is -0.918. The maximum atomic E-state index is 13.4. The fraction of sp³-hybridized carbons (Fsp3) is 0.650. The van der Waals surface area contributed by atoms with E-state index in [0.29, 0.717) is 26.2 Å². The largest absolute Gasteiger partial charge is 0.332 e. The Kier molecular flexibility index (Phi) is 6.41. The van der Waals surface area contributed by atoms with E-state index in [1.165, 1.54) is 22.5 Å². The third-order valence-corrected chi connectivity index (χ3v) is 8.12. The zero-order valence-corrected chi connectivity index (χ0v) is 17.7. The van der Waals surface area contributed by atoms with Crippen molar-refractivity contribution in [3.63, 3.8) is 0 Å². The van der Waals surface area contributed by atoms with Crippen LogP contribution in [-0.4, -0.2) is 67.8 Å². The fourth-order valence-electron chi connectivity index (χ4n) is 4.48. The molecular formula is C20H31FN3O3S+. The summed E-state index contributed by atoms with van der Waals surface area (Å²) in [5.41, 5.74) is 0. The number of amides is 1. The third kappa shape index (κ3) is 4.23. The van der Waals surface area contributed by atoms with Crippen molar-refractivity contribution in [3.8, 4) is 0 Å². The second-order valence-corrected chi connectivity index (χ2v) is 10.1. The van der Waals surface area contributed by atoms with Crippen LogP contribution in [0.25, 0.3) is 0 Å². The first-order valence-electron chi connectivity index (χ1n) is 10.1. The number of sulfonamides is 1. The lowest BCUT2D eigenvalue weighted by atomic mass is 9.96. The summed E-state index contributed by atoms with van der Waals surface area (Å²) in [5.74, 6) is -0.398. The van der Waals surface area contributed by atoms with Crippen LogP contribution in [0.3, 0.4) is 0 Å². The van der Waals surface area contributed by atoms with Crippen molar-refractivity contribution in [1.29, 1.82) is 0 Å². The second-order valence-electron chi connectivity index (χ2n) is 8.12. The number of hydrogen-bond acceptors (Lipinski definition) is 3. The highest BCUT2D eigenvalue weighted by molar-refractivity contribution is 7.89. The molecule has 1 aromatic rings. The number of rotatable bonds is 4. The summed E-state index contributed by atoms with van der Waals surface area (Å²) < 4.78 is 40.3. The van der Waals surface area contributed by atoms with Crippen LogP contribution in [0, 0.1) is 5.82 Å². The van der Waals surface area contributed by atoms with Crippen molar-refractivity contribution in [2.45, 2.75) is 63.1 Å². The molecule has 0 bridgehead atoms. The first-order chi connectivity index (χ1) is 13.2.